The monoisotopic (exact) mass is 298 g/mol. The van der Waals surface area contributed by atoms with E-state index >= 15 is 0 Å². The number of nitrogens with zero attached hydrogens (tertiary/aromatic N) is 1. The Morgan fingerprint density at radius 2 is 1.62 bits per heavy atom. The van der Waals surface area contributed by atoms with Gasteiger partial charge in [-0.05, 0) is 30.9 Å². The van der Waals surface area contributed by atoms with Crippen molar-refractivity contribution in [3.8, 4) is 0 Å². The van der Waals surface area contributed by atoms with Gasteiger partial charge >= 0.3 is 0 Å². The van der Waals surface area contributed by atoms with Crippen LogP contribution >= 0.6 is 0 Å². The van der Waals surface area contributed by atoms with Gasteiger partial charge in [-0.1, -0.05) is 12.8 Å². The highest BCUT2D eigenvalue weighted by Crippen LogP contribution is 2.41. The third kappa shape index (κ3) is 2.94. The third-order valence-electron chi connectivity index (χ3n) is 4.77. The van der Waals surface area contributed by atoms with E-state index in [2.05, 4.69) is 10.2 Å². The summed E-state index contributed by atoms with van der Waals surface area (Å²) >= 11 is 0. The smallest absolute Gasteiger partial charge is 0.166 e. The normalized spacial score (nSPS) is 22.6. The Hall–Kier alpha value is -1.07. The fourth-order valence-corrected chi connectivity index (χ4v) is 3.76. The van der Waals surface area contributed by atoms with Crippen molar-refractivity contribution in [2.24, 2.45) is 5.92 Å². The molecule has 2 aliphatic rings. The second-order valence-electron chi connectivity index (χ2n) is 6.03. The first-order valence-electron chi connectivity index (χ1n) is 7.76. The van der Waals surface area contributed by atoms with Crippen molar-refractivity contribution in [1.29, 1.82) is 0 Å². The lowest BCUT2D eigenvalue weighted by atomic mass is 9.89. The molecule has 1 saturated carbocycles. The van der Waals surface area contributed by atoms with Crippen LogP contribution in [-0.2, 0) is 0 Å². The molecule has 0 bridgehead atoms. The van der Waals surface area contributed by atoms with E-state index in [0.29, 0.717) is 0 Å². The average Bonchev–Trinajstić information content (AvgIpc) is 3.02. The van der Waals surface area contributed by atoms with E-state index < -0.39 is 17.5 Å². The van der Waals surface area contributed by atoms with E-state index in [0.717, 1.165) is 64.0 Å². The van der Waals surface area contributed by atoms with Gasteiger partial charge in [-0.3, -0.25) is 4.90 Å². The van der Waals surface area contributed by atoms with E-state index in [1.807, 2.05) is 0 Å². The Bertz CT molecular complexity index is 495. The van der Waals surface area contributed by atoms with Crippen molar-refractivity contribution in [1.82, 2.24) is 10.2 Å². The van der Waals surface area contributed by atoms with Gasteiger partial charge in [0.25, 0.3) is 0 Å². The summed E-state index contributed by atoms with van der Waals surface area (Å²) in [7, 11) is 0. The van der Waals surface area contributed by atoms with Gasteiger partial charge in [0.1, 0.15) is 5.82 Å². The highest BCUT2D eigenvalue weighted by atomic mass is 19.2. The summed E-state index contributed by atoms with van der Waals surface area (Å²) in [5, 5.41) is 3.25. The van der Waals surface area contributed by atoms with Gasteiger partial charge < -0.3 is 5.32 Å². The van der Waals surface area contributed by atoms with Gasteiger partial charge in [-0.25, -0.2) is 13.2 Å². The molecule has 2 nitrogen and oxygen atoms in total. The lowest BCUT2D eigenvalue weighted by Gasteiger charge is -2.38. The molecule has 2 fully saturated rings. The van der Waals surface area contributed by atoms with Crippen LogP contribution < -0.4 is 5.32 Å². The molecule has 1 N–H and O–H groups in total. The summed E-state index contributed by atoms with van der Waals surface area (Å²) in [6.45, 7) is 3.11. The van der Waals surface area contributed by atoms with Gasteiger partial charge in [0.05, 0.1) is 0 Å². The molecule has 5 heteroatoms. The molecular formula is C16H21F3N2. The summed E-state index contributed by atoms with van der Waals surface area (Å²) in [5.41, 5.74) is -0.0659. The average molecular weight is 298 g/mol. The molecule has 1 aromatic carbocycles. The highest BCUT2D eigenvalue weighted by Gasteiger charge is 2.36. The predicted octanol–water partition coefficient (Wildman–Crippen LogP) is 3.24. The van der Waals surface area contributed by atoms with E-state index in [1.54, 1.807) is 0 Å². The van der Waals surface area contributed by atoms with Crippen LogP contribution in [0, 0.1) is 23.4 Å². The molecule has 1 atom stereocenters. The highest BCUT2D eigenvalue weighted by molar-refractivity contribution is 5.26. The van der Waals surface area contributed by atoms with Crippen LogP contribution in [0.1, 0.15) is 37.3 Å². The van der Waals surface area contributed by atoms with E-state index in [-0.39, 0.29) is 17.5 Å². The number of halogens is 3. The number of rotatable bonds is 3. The zero-order valence-electron chi connectivity index (χ0n) is 12.0. The molecular weight excluding hydrogens is 277 g/mol. The van der Waals surface area contributed by atoms with E-state index in [9.17, 15) is 13.2 Å². The Morgan fingerprint density at radius 1 is 1.00 bits per heavy atom. The van der Waals surface area contributed by atoms with Gasteiger partial charge in [0.2, 0.25) is 0 Å². The van der Waals surface area contributed by atoms with Crippen molar-refractivity contribution >= 4 is 0 Å². The Labute approximate surface area is 123 Å². The van der Waals surface area contributed by atoms with Crippen LogP contribution in [0.3, 0.4) is 0 Å². The molecule has 1 saturated heterocycles. The van der Waals surface area contributed by atoms with Crippen LogP contribution in [0.25, 0.3) is 0 Å². The fourth-order valence-electron chi connectivity index (χ4n) is 3.76. The Balaban J connectivity index is 1.99. The van der Waals surface area contributed by atoms with Crippen molar-refractivity contribution in [3.05, 3.63) is 35.1 Å². The van der Waals surface area contributed by atoms with Crippen molar-refractivity contribution in [2.45, 2.75) is 31.7 Å². The second-order valence-corrected chi connectivity index (χ2v) is 6.03. The first-order valence-corrected chi connectivity index (χ1v) is 7.76. The van der Waals surface area contributed by atoms with Gasteiger partial charge in [0, 0.05) is 37.8 Å². The SMILES string of the molecule is Fc1ccc(F)c([C@@H](C2CCCC2)N2CCNCC2)c1F. The lowest BCUT2D eigenvalue weighted by molar-refractivity contribution is 0.118. The van der Waals surface area contributed by atoms with Crippen molar-refractivity contribution in [3.63, 3.8) is 0 Å². The first-order chi connectivity index (χ1) is 10.2. The molecule has 0 amide bonds. The molecule has 1 heterocycles. The van der Waals surface area contributed by atoms with Crippen LogP contribution in [0.5, 0.6) is 0 Å². The third-order valence-corrected chi connectivity index (χ3v) is 4.77. The van der Waals surface area contributed by atoms with Crippen molar-refractivity contribution in [2.75, 3.05) is 26.2 Å². The van der Waals surface area contributed by atoms with Gasteiger partial charge in [-0.2, -0.15) is 0 Å². The van der Waals surface area contributed by atoms with Crippen LogP contribution in [0.4, 0.5) is 13.2 Å². The topological polar surface area (TPSA) is 15.3 Å². The Morgan fingerprint density at radius 3 is 2.29 bits per heavy atom. The zero-order valence-corrected chi connectivity index (χ0v) is 12.0. The maximum Gasteiger partial charge on any atom is 0.166 e. The van der Waals surface area contributed by atoms with Gasteiger partial charge in [-0.15, -0.1) is 0 Å². The molecule has 0 aromatic heterocycles. The molecule has 116 valence electrons. The summed E-state index contributed by atoms with van der Waals surface area (Å²) in [6, 6.07) is 1.58. The van der Waals surface area contributed by atoms with Crippen LogP contribution in [0.2, 0.25) is 0 Å². The van der Waals surface area contributed by atoms with Gasteiger partial charge in [0.15, 0.2) is 11.6 Å². The number of nitrogens with one attached hydrogen (secondary N) is 1. The minimum atomic E-state index is -1.01. The van der Waals surface area contributed by atoms with Crippen LogP contribution in [-0.4, -0.2) is 31.1 Å². The largest absolute Gasteiger partial charge is 0.314 e. The molecule has 0 spiro atoms. The fraction of sp³-hybridized carbons (Fsp3) is 0.625. The predicted molar refractivity (Wildman–Crippen MR) is 75.5 cm³/mol. The molecule has 21 heavy (non-hydrogen) atoms. The summed E-state index contributed by atoms with van der Waals surface area (Å²) in [6.07, 6.45) is 4.10. The first kappa shape index (κ1) is 14.9. The minimum absolute atomic E-state index is 0.0659. The number of hydrogen-bond acceptors (Lipinski definition) is 2. The number of piperazine rings is 1. The van der Waals surface area contributed by atoms with Crippen molar-refractivity contribution < 1.29 is 13.2 Å². The second kappa shape index (κ2) is 6.36. The molecule has 1 aliphatic heterocycles. The van der Waals surface area contributed by atoms with E-state index in [1.165, 1.54) is 0 Å². The quantitative estimate of drug-likeness (QED) is 0.862. The lowest BCUT2D eigenvalue weighted by Crippen LogP contribution is -2.47. The summed E-state index contributed by atoms with van der Waals surface area (Å²) in [4.78, 5) is 2.12. The maximum absolute atomic E-state index is 14.3. The standard InChI is InChI=1S/C16H21F3N2/c17-12-5-6-13(18)15(19)14(12)16(11-3-1-2-4-11)21-9-7-20-8-10-21/h5-6,11,16,20H,1-4,7-10H2/t16-/m1/s1. The molecule has 0 radical (unpaired) electrons. The summed E-state index contributed by atoms with van der Waals surface area (Å²) in [5.74, 6) is -2.37. The van der Waals surface area contributed by atoms with Crippen LogP contribution in [0.15, 0.2) is 12.1 Å². The van der Waals surface area contributed by atoms with E-state index in [4.69, 9.17) is 0 Å². The maximum atomic E-state index is 14.3. The molecule has 3 rings (SSSR count). The Kier molecular flexibility index (Phi) is 4.50. The molecule has 1 aromatic rings. The zero-order chi connectivity index (χ0) is 14.8. The number of hydrogen-bond donors (Lipinski definition) is 1. The summed E-state index contributed by atoms with van der Waals surface area (Å²) < 4.78 is 42.1. The molecule has 0 unspecified atom stereocenters. The minimum Gasteiger partial charge on any atom is -0.314 e. The molecule has 1 aliphatic carbocycles. The number of benzene rings is 1.